The highest BCUT2D eigenvalue weighted by Crippen LogP contribution is 2.52. The summed E-state index contributed by atoms with van der Waals surface area (Å²) in [7, 11) is 3.94. The summed E-state index contributed by atoms with van der Waals surface area (Å²) in [6.45, 7) is 0.389. The highest BCUT2D eigenvalue weighted by molar-refractivity contribution is 6.07. The first-order chi connectivity index (χ1) is 17.0. The first-order valence-corrected chi connectivity index (χ1v) is 12.0. The van der Waals surface area contributed by atoms with Crippen LogP contribution in [0.4, 0.5) is 5.69 Å². The van der Waals surface area contributed by atoms with Crippen LogP contribution in [0, 0.1) is 23.7 Å². The predicted molar refractivity (Wildman–Crippen MR) is 136 cm³/mol. The summed E-state index contributed by atoms with van der Waals surface area (Å²) in [6.07, 6.45) is 6.65. The van der Waals surface area contributed by atoms with Crippen LogP contribution in [-0.4, -0.2) is 37.1 Å². The van der Waals surface area contributed by atoms with Crippen molar-refractivity contribution in [3.8, 4) is 5.75 Å². The van der Waals surface area contributed by atoms with E-state index in [9.17, 15) is 9.59 Å². The van der Waals surface area contributed by atoms with Crippen molar-refractivity contribution in [3.63, 3.8) is 0 Å². The summed E-state index contributed by atoms with van der Waals surface area (Å²) in [5, 5.41) is 7.76. The summed E-state index contributed by atoms with van der Waals surface area (Å²) < 4.78 is 6.29. The van der Waals surface area contributed by atoms with Gasteiger partial charge in [-0.05, 0) is 46.7 Å². The number of benzene rings is 3. The summed E-state index contributed by atoms with van der Waals surface area (Å²) in [6, 6.07) is 20.3. The van der Waals surface area contributed by atoms with E-state index in [0.717, 1.165) is 39.0 Å². The molecule has 2 amide bonds. The summed E-state index contributed by atoms with van der Waals surface area (Å²) >= 11 is 0. The van der Waals surface area contributed by atoms with Crippen molar-refractivity contribution in [2.24, 2.45) is 28.8 Å². The second kappa shape index (κ2) is 8.38. The number of carbonyl (C=O) groups is 2. The number of allylic oxidation sites excluding steroid dienone is 2. The molecule has 6 nitrogen and oxygen atoms in total. The van der Waals surface area contributed by atoms with Crippen LogP contribution >= 0.6 is 0 Å². The molecule has 2 bridgehead atoms. The SMILES string of the molecule is CN(C)c1ccc(C=NN2C(=O)[C@@H]3[C@H](C2=O)[C@H]2C=C[C@H]3C2)c(OCc2cccc3ccccc23)c1. The molecule has 2 fully saturated rings. The second-order valence-electron chi connectivity index (χ2n) is 9.78. The lowest BCUT2D eigenvalue weighted by molar-refractivity contribution is -0.140. The Labute approximate surface area is 204 Å². The average Bonchev–Trinajstić information content (AvgIpc) is 3.55. The molecule has 3 aromatic carbocycles. The molecule has 6 rings (SSSR count). The zero-order chi connectivity index (χ0) is 24.1. The standard InChI is InChI=1S/C29H27N3O3/c1-31(2)23-13-12-21(16-30-32-28(33)26-19-10-11-20(14-19)27(26)29(32)34)25(15-23)35-17-22-8-5-7-18-6-3-4-9-24(18)22/h3-13,15-16,19-20,26-27H,14,17H2,1-2H3/t19-,20-,26-,27+/m0/s1. The maximum absolute atomic E-state index is 13.0. The number of fused-ring (bicyclic) bond motifs is 6. The van der Waals surface area contributed by atoms with Crippen LogP contribution in [0.5, 0.6) is 5.75 Å². The molecule has 0 aromatic heterocycles. The first kappa shape index (κ1) is 21.6. The summed E-state index contributed by atoms with van der Waals surface area (Å²) in [4.78, 5) is 28.0. The van der Waals surface area contributed by atoms with E-state index in [-0.39, 0.29) is 35.5 Å². The van der Waals surface area contributed by atoms with E-state index < -0.39 is 0 Å². The number of rotatable bonds is 6. The molecule has 3 aliphatic rings. The molecule has 1 aliphatic heterocycles. The van der Waals surface area contributed by atoms with Gasteiger partial charge in [0.25, 0.3) is 11.8 Å². The Morgan fingerprint density at radius 1 is 0.971 bits per heavy atom. The molecule has 0 N–H and O–H groups in total. The lowest BCUT2D eigenvalue weighted by Crippen LogP contribution is -2.28. The van der Waals surface area contributed by atoms with Gasteiger partial charge in [0.1, 0.15) is 12.4 Å². The normalized spacial score (nSPS) is 24.7. The molecule has 3 aromatic rings. The summed E-state index contributed by atoms with van der Waals surface area (Å²) in [5.74, 6) is 0.100. The molecule has 0 radical (unpaired) electrons. The van der Waals surface area contributed by atoms with Crippen molar-refractivity contribution in [3.05, 3.63) is 83.9 Å². The number of nitrogens with zero attached hydrogens (tertiary/aromatic N) is 3. The Hall–Kier alpha value is -3.93. The Bertz CT molecular complexity index is 1360. The minimum absolute atomic E-state index is 0.167. The van der Waals surface area contributed by atoms with Crippen LogP contribution in [0.1, 0.15) is 17.5 Å². The van der Waals surface area contributed by atoms with Gasteiger partial charge in [-0.1, -0.05) is 54.6 Å². The van der Waals surface area contributed by atoms with Gasteiger partial charge in [-0.25, -0.2) is 0 Å². The van der Waals surface area contributed by atoms with E-state index in [1.807, 2.05) is 55.4 Å². The van der Waals surface area contributed by atoms with Crippen LogP contribution in [0.2, 0.25) is 0 Å². The lowest BCUT2D eigenvalue weighted by atomic mass is 9.85. The number of hydrogen-bond acceptors (Lipinski definition) is 5. The van der Waals surface area contributed by atoms with E-state index in [1.54, 1.807) is 6.21 Å². The zero-order valence-corrected chi connectivity index (χ0v) is 19.8. The quantitative estimate of drug-likeness (QED) is 0.303. The van der Waals surface area contributed by atoms with Gasteiger partial charge < -0.3 is 9.64 Å². The minimum Gasteiger partial charge on any atom is -0.488 e. The van der Waals surface area contributed by atoms with Crippen LogP contribution < -0.4 is 9.64 Å². The van der Waals surface area contributed by atoms with Gasteiger partial charge in [-0.15, -0.1) is 0 Å². The molecule has 4 atom stereocenters. The fourth-order valence-corrected chi connectivity index (χ4v) is 5.73. The molecule has 1 saturated carbocycles. The number of carbonyl (C=O) groups excluding carboxylic acids is 2. The number of hydrazone groups is 1. The van der Waals surface area contributed by atoms with Crippen LogP contribution in [-0.2, 0) is 16.2 Å². The molecular formula is C29H27N3O3. The van der Waals surface area contributed by atoms with Gasteiger partial charge in [-0.2, -0.15) is 10.1 Å². The maximum atomic E-state index is 13.0. The van der Waals surface area contributed by atoms with Crippen LogP contribution in [0.15, 0.2) is 77.9 Å². The third-order valence-electron chi connectivity index (χ3n) is 7.54. The minimum atomic E-state index is -0.257. The maximum Gasteiger partial charge on any atom is 0.254 e. The monoisotopic (exact) mass is 465 g/mol. The van der Waals surface area contributed by atoms with Crippen LogP contribution in [0.25, 0.3) is 10.8 Å². The van der Waals surface area contributed by atoms with E-state index >= 15 is 0 Å². The molecule has 2 aliphatic carbocycles. The van der Waals surface area contributed by atoms with Crippen LogP contribution in [0.3, 0.4) is 0 Å². The third-order valence-corrected chi connectivity index (χ3v) is 7.54. The molecule has 176 valence electrons. The largest absolute Gasteiger partial charge is 0.488 e. The fraction of sp³-hybridized carbons (Fsp3) is 0.276. The van der Waals surface area contributed by atoms with Gasteiger partial charge in [0.05, 0.1) is 18.1 Å². The first-order valence-electron chi connectivity index (χ1n) is 12.0. The molecule has 0 spiro atoms. The number of amides is 2. The van der Waals surface area contributed by atoms with Gasteiger partial charge >= 0.3 is 0 Å². The van der Waals surface area contributed by atoms with Gasteiger partial charge in [0.2, 0.25) is 0 Å². The van der Waals surface area contributed by atoms with E-state index in [2.05, 4.69) is 41.5 Å². The molecular weight excluding hydrogens is 438 g/mol. The van der Waals surface area contributed by atoms with Gasteiger partial charge in [0.15, 0.2) is 0 Å². The molecule has 6 heteroatoms. The van der Waals surface area contributed by atoms with E-state index in [0.29, 0.717) is 12.4 Å². The Balaban J connectivity index is 1.27. The van der Waals surface area contributed by atoms with Crippen molar-refractivity contribution in [1.29, 1.82) is 0 Å². The van der Waals surface area contributed by atoms with Crippen molar-refractivity contribution >= 4 is 34.5 Å². The number of ether oxygens (including phenoxy) is 1. The van der Waals surface area contributed by atoms with E-state index in [1.165, 1.54) is 0 Å². The van der Waals surface area contributed by atoms with Crippen molar-refractivity contribution in [2.75, 3.05) is 19.0 Å². The van der Waals surface area contributed by atoms with Crippen molar-refractivity contribution in [2.45, 2.75) is 13.0 Å². The lowest BCUT2D eigenvalue weighted by Gasteiger charge is -2.17. The third kappa shape index (κ3) is 3.60. The molecule has 1 heterocycles. The number of anilines is 1. The smallest absolute Gasteiger partial charge is 0.254 e. The number of imide groups is 1. The molecule has 0 unspecified atom stereocenters. The van der Waals surface area contributed by atoms with Crippen molar-refractivity contribution in [1.82, 2.24) is 5.01 Å². The van der Waals surface area contributed by atoms with Gasteiger partial charge in [0, 0.05) is 31.4 Å². The topological polar surface area (TPSA) is 62.2 Å². The highest BCUT2D eigenvalue weighted by atomic mass is 16.5. The van der Waals surface area contributed by atoms with Crippen molar-refractivity contribution < 1.29 is 14.3 Å². The second-order valence-corrected chi connectivity index (χ2v) is 9.78. The molecule has 1 saturated heterocycles. The number of hydrogen-bond donors (Lipinski definition) is 0. The van der Waals surface area contributed by atoms with E-state index in [4.69, 9.17) is 4.74 Å². The Kier molecular flexibility index (Phi) is 5.17. The average molecular weight is 466 g/mol. The summed E-state index contributed by atoms with van der Waals surface area (Å²) in [5.41, 5.74) is 2.79. The highest BCUT2D eigenvalue weighted by Gasteiger charge is 2.59. The Morgan fingerprint density at radius 2 is 1.69 bits per heavy atom. The van der Waals surface area contributed by atoms with Gasteiger partial charge in [-0.3, -0.25) is 9.59 Å². The fourth-order valence-electron chi connectivity index (χ4n) is 5.73. The Morgan fingerprint density at radius 3 is 2.43 bits per heavy atom. The molecule has 35 heavy (non-hydrogen) atoms. The predicted octanol–water partition coefficient (Wildman–Crippen LogP) is 4.63. The zero-order valence-electron chi connectivity index (χ0n) is 19.8.